The van der Waals surface area contributed by atoms with E-state index in [1.54, 1.807) is 9.47 Å². The Morgan fingerprint density at radius 1 is 1.19 bits per heavy atom. The number of aromatic nitrogens is 2. The fraction of sp³-hybridized carbons (Fsp3) is 0.300. The molecule has 1 fully saturated rings. The molecule has 164 valence electrons. The molecular formula is C20H20F2N4O3S2. The van der Waals surface area contributed by atoms with Crippen LogP contribution in [0.5, 0.6) is 0 Å². The molecule has 0 saturated carbocycles. The van der Waals surface area contributed by atoms with Gasteiger partial charge in [0.05, 0.1) is 11.4 Å². The summed E-state index contributed by atoms with van der Waals surface area (Å²) in [6.07, 6.45) is 3.27. The predicted molar refractivity (Wildman–Crippen MR) is 113 cm³/mol. The molecule has 1 amide bonds. The van der Waals surface area contributed by atoms with Crippen LogP contribution < -0.4 is 4.72 Å². The van der Waals surface area contributed by atoms with E-state index in [-0.39, 0.29) is 23.0 Å². The van der Waals surface area contributed by atoms with Crippen LogP contribution in [-0.2, 0) is 21.4 Å². The van der Waals surface area contributed by atoms with Crippen molar-refractivity contribution in [3.05, 3.63) is 53.2 Å². The maximum Gasteiger partial charge on any atom is 0.263 e. The lowest BCUT2D eigenvalue weighted by molar-refractivity contribution is -0.130. The first kappa shape index (κ1) is 21.4. The molecule has 0 radical (unpaired) electrons. The number of carbonyl (C=O) groups excluding carboxylic acids is 1. The molecular weight excluding hydrogens is 446 g/mol. The molecule has 2 aromatic heterocycles. The summed E-state index contributed by atoms with van der Waals surface area (Å²) in [5, 5.41) is 2.42. The number of halogens is 2. The lowest BCUT2D eigenvalue weighted by Gasteiger charge is -2.16. The number of sulfonamides is 1. The van der Waals surface area contributed by atoms with E-state index in [2.05, 4.69) is 9.71 Å². The van der Waals surface area contributed by atoms with E-state index in [1.807, 2.05) is 12.3 Å². The van der Waals surface area contributed by atoms with Gasteiger partial charge < -0.3 is 9.47 Å². The largest absolute Gasteiger partial charge is 0.341 e. The van der Waals surface area contributed by atoms with Gasteiger partial charge in [0.1, 0.15) is 16.4 Å². The Morgan fingerprint density at radius 2 is 1.94 bits per heavy atom. The minimum atomic E-state index is -4.11. The minimum Gasteiger partial charge on any atom is -0.341 e. The van der Waals surface area contributed by atoms with Gasteiger partial charge in [0.25, 0.3) is 10.0 Å². The van der Waals surface area contributed by atoms with Crippen molar-refractivity contribution in [1.82, 2.24) is 14.5 Å². The number of aryl methyl sites for hydroxylation is 1. The van der Waals surface area contributed by atoms with Crippen LogP contribution in [-0.4, -0.2) is 41.9 Å². The first-order valence-corrected chi connectivity index (χ1v) is 12.0. The normalized spacial score (nSPS) is 14.2. The zero-order chi connectivity index (χ0) is 22.2. The van der Waals surface area contributed by atoms with Gasteiger partial charge in [-0.05, 0) is 38.0 Å². The number of likely N-dealkylation sites (tertiary alicyclic amines) is 1. The highest BCUT2D eigenvalue weighted by atomic mass is 32.2. The highest BCUT2D eigenvalue weighted by Gasteiger charge is 2.24. The standard InChI is InChI=1S/C20H20F2N4O3S2/c1-13-12-30-20(23-13)18-9-15(10-26(18)11-19(27)25-6-2-3-7-25)31(28,29)24-14-4-5-16(21)17(22)8-14/h4-5,8-10,12,24H,2-3,6-7,11H2,1H3. The number of rotatable bonds is 6. The molecule has 1 aliphatic rings. The molecule has 31 heavy (non-hydrogen) atoms. The van der Waals surface area contributed by atoms with E-state index in [9.17, 15) is 22.0 Å². The first-order chi connectivity index (χ1) is 14.7. The van der Waals surface area contributed by atoms with Crippen molar-refractivity contribution >= 4 is 33.0 Å². The number of thiazole rings is 1. The molecule has 1 aromatic carbocycles. The Morgan fingerprint density at radius 3 is 2.58 bits per heavy atom. The second kappa shape index (κ2) is 8.39. The lowest BCUT2D eigenvalue weighted by atomic mass is 10.3. The van der Waals surface area contributed by atoms with Gasteiger partial charge in [0.2, 0.25) is 5.91 Å². The number of amides is 1. The van der Waals surface area contributed by atoms with E-state index in [1.165, 1.54) is 23.6 Å². The summed E-state index contributed by atoms with van der Waals surface area (Å²) in [7, 11) is -4.11. The summed E-state index contributed by atoms with van der Waals surface area (Å²) >= 11 is 1.34. The van der Waals surface area contributed by atoms with Crippen molar-refractivity contribution in [1.29, 1.82) is 0 Å². The highest BCUT2D eigenvalue weighted by molar-refractivity contribution is 7.92. The molecule has 1 aliphatic heterocycles. The molecule has 3 aromatic rings. The van der Waals surface area contributed by atoms with Gasteiger partial charge in [-0.15, -0.1) is 11.3 Å². The van der Waals surface area contributed by atoms with Crippen LogP contribution in [0.2, 0.25) is 0 Å². The Labute approximate surface area is 182 Å². The third-order valence-corrected chi connectivity index (χ3v) is 7.29. The second-order valence-electron chi connectivity index (χ2n) is 7.31. The summed E-state index contributed by atoms with van der Waals surface area (Å²) < 4.78 is 56.2. The summed E-state index contributed by atoms with van der Waals surface area (Å²) in [4.78, 5) is 18.7. The molecule has 0 unspecified atom stereocenters. The minimum absolute atomic E-state index is 0.0192. The molecule has 1 saturated heterocycles. The highest BCUT2D eigenvalue weighted by Crippen LogP contribution is 2.29. The zero-order valence-corrected chi connectivity index (χ0v) is 18.3. The van der Waals surface area contributed by atoms with Crippen LogP contribution in [0.3, 0.4) is 0 Å². The molecule has 0 bridgehead atoms. The van der Waals surface area contributed by atoms with Crippen molar-refractivity contribution in [2.45, 2.75) is 31.2 Å². The van der Waals surface area contributed by atoms with Gasteiger partial charge in [-0.1, -0.05) is 0 Å². The monoisotopic (exact) mass is 466 g/mol. The van der Waals surface area contributed by atoms with E-state index in [0.29, 0.717) is 23.8 Å². The number of nitrogens with one attached hydrogen (secondary N) is 1. The average molecular weight is 467 g/mol. The fourth-order valence-corrected chi connectivity index (χ4v) is 5.31. The quantitative estimate of drug-likeness (QED) is 0.601. The van der Waals surface area contributed by atoms with Crippen molar-refractivity contribution in [3.63, 3.8) is 0 Å². The van der Waals surface area contributed by atoms with Crippen molar-refractivity contribution < 1.29 is 22.0 Å². The Kier molecular flexibility index (Phi) is 5.80. The SMILES string of the molecule is Cc1csc(-c2cc(S(=O)(=O)Nc3ccc(F)c(F)c3)cn2CC(=O)N2CCCC2)n1. The number of benzene rings is 1. The summed E-state index contributed by atoms with van der Waals surface area (Å²) in [6, 6.07) is 4.18. The van der Waals surface area contributed by atoms with Crippen LogP contribution in [0.1, 0.15) is 18.5 Å². The van der Waals surface area contributed by atoms with Crippen LogP contribution in [0.15, 0.2) is 40.7 Å². The Hall–Kier alpha value is -2.79. The third kappa shape index (κ3) is 4.62. The van der Waals surface area contributed by atoms with E-state index in [0.717, 1.165) is 36.7 Å². The Balaban J connectivity index is 1.67. The number of anilines is 1. The van der Waals surface area contributed by atoms with Gasteiger partial charge in [0, 0.05) is 36.4 Å². The van der Waals surface area contributed by atoms with Crippen molar-refractivity contribution in [3.8, 4) is 10.7 Å². The van der Waals surface area contributed by atoms with Crippen LogP contribution in [0.4, 0.5) is 14.5 Å². The summed E-state index contributed by atoms with van der Waals surface area (Å²) in [6.45, 7) is 3.18. The fourth-order valence-electron chi connectivity index (χ4n) is 3.40. The number of carbonyl (C=O) groups is 1. The molecule has 0 atom stereocenters. The topological polar surface area (TPSA) is 84.3 Å². The van der Waals surface area contributed by atoms with E-state index < -0.39 is 21.7 Å². The molecule has 3 heterocycles. The average Bonchev–Trinajstić information content (AvgIpc) is 3.45. The van der Waals surface area contributed by atoms with Crippen LogP contribution in [0.25, 0.3) is 10.7 Å². The van der Waals surface area contributed by atoms with Gasteiger partial charge >= 0.3 is 0 Å². The molecule has 1 N–H and O–H groups in total. The van der Waals surface area contributed by atoms with Crippen molar-refractivity contribution in [2.75, 3.05) is 17.8 Å². The molecule has 7 nitrogen and oxygen atoms in total. The van der Waals surface area contributed by atoms with Gasteiger partial charge in [-0.25, -0.2) is 22.2 Å². The molecule has 0 spiro atoms. The first-order valence-electron chi connectivity index (χ1n) is 9.61. The van der Waals surface area contributed by atoms with Crippen molar-refractivity contribution in [2.24, 2.45) is 0 Å². The molecule has 4 rings (SSSR count). The number of nitrogens with zero attached hydrogens (tertiary/aromatic N) is 3. The Bertz CT molecular complexity index is 1230. The maximum absolute atomic E-state index is 13.5. The summed E-state index contributed by atoms with van der Waals surface area (Å²) in [5.74, 6) is -2.33. The van der Waals surface area contributed by atoms with E-state index >= 15 is 0 Å². The predicted octanol–water partition coefficient (Wildman–Crippen LogP) is 3.62. The van der Waals surface area contributed by atoms with Crippen LogP contribution in [0, 0.1) is 18.6 Å². The van der Waals surface area contributed by atoms with Gasteiger partial charge in [-0.2, -0.15) is 0 Å². The zero-order valence-electron chi connectivity index (χ0n) is 16.6. The second-order valence-corrected chi connectivity index (χ2v) is 9.85. The molecule has 0 aliphatic carbocycles. The van der Waals surface area contributed by atoms with Gasteiger partial charge in [-0.3, -0.25) is 9.52 Å². The summed E-state index contributed by atoms with van der Waals surface area (Å²) in [5.41, 5.74) is 1.17. The molecule has 11 heteroatoms. The number of hydrogen-bond donors (Lipinski definition) is 1. The maximum atomic E-state index is 13.5. The lowest BCUT2D eigenvalue weighted by Crippen LogP contribution is -2.31. The third-order valence-electron chi connectivity index (χ3n) is 4.96. The van der Waals surface area contributed by atoms with E-state index in [4.69, 9.17) is 0 Å². The number of hydrogen-bond acceptors (Lipinski definition) is 5. The van der Waals surface area contributed by atoms with Gasteiger partial charge in [0.15, 0.2) is 11.6 Å². The smallest absolute Gasteiger partial charge is 0.263 e. The van der Waals surface area contributed by atoms with Crippen LogP contribution >= 0.6 is 11.3 Å².